The molecule has 0 aliphatic carbocycles. The van der Waals surface area contributed by atoms with Crippen LogP contribution in [0.1, 0.15) is 16.7 Å². The van der Waals surface area contributed by atoms with Crippen molar-refractivity contribution in [3.63, 3.8) is 0 Å². The average molecular weight is 657 g/mol. The summed E-state index contributed by atoms with van der Waals surface area (Å²) in [6.07, 6.45) is 1.29. The predicted octanol–water partition coefficient (Wildman–Crippen LogP) is 3.82. The zero-order chi connectivity index (χ0) is 33.2. The number of amides is 4. The number of aromatic nitrogens is 1. The Morgan fingerprint density at radius 3 is 2.53 bits per heavy atom. The number of carbonyl (C=O) groups excluding carboxylic acids is 3. The Labute approximate surface area is 276 Å². The molecule has 3 heterocycles. The Hall–Kier alpha value is -5.01. The minimum Gasteiger partial charge on any atom is -0.378 e. The fourth-order valence-electron chi connectivity index (χ4n) is 6.20. The minimum absolute atomic E-state index is 0.0855. The molecule has 1 aromatic heterocycles. The molecular formula is C34H37FN8O3S. The van der Waals surface area contributed by atoms with E-state index in [4.69, 9.17) is 5.73 Å². The van der Waals surface area contributed by atoms with Crippen LogP contribution in [-0.2, 0) is 29.1 Å². The summed E-state index contributed by atoms with van der Waals surface area (Å²) in [6, 6.07) is 18.4. The number of nitrogens with zero attached hydrogens (tertiary/aromatic N) is 6. The number of hydrogen-bond acceptors (Lipinski definition) is 8. The van der Waals surface area contributed by atoms with E-state index in [0.717, 1.165) is 32.6 Å². The van der Waals surface area contributed by atoms with Gasteiger partial charge in [-0.15, -0.1) is 6.58 Å². The third-order valence-electron chi connectivity index (χ3n) is 8.53. The number of piperazine rings is 1. The minimum atomic E-state index is -0.788. The molecule has 2 saturated heterocycles. The number of nitrogen functional groups attached to an aromatic ring is 1. The Morgan fingerprint density at radius 1 is 1.11 bits per heavy atom. The zero-order valence-corrected chi connectivity index (χ0v) is 27.1. The van der Waals surface area contributed by atoms with E-state index < -0.39 is 18.2 Å². The molecule has 6 rings (SSSR count). The first-order chi connectivity index (χ1) is 22.6. The van der Waals surface area contributed by atoms with Gasteiger partial charge in [0.2, 0.25) is 11.8 Å². The Bertz CT molecular complexity index is 1800. The van der Waals surface area contributed by atoms with E-state index in [1.807, 2.05) is 61.5 Å². The van der Waals surface area contributed by atoms with Gasteiger partial charge < -0.3 is 25.8 Å². The highest BCUT2D eigenvalue weighted by molar-refractivity contribution is 7.22. The second kappa shape index (κ2) is 13.4. The first-order valence-electron chi connectivity index (χ1n) is 15.3. The van der Waals surface area contributed by atoms with Crippen molar-refractivity contribution in [1.82, 2.24) is 30.1 Å². The monoisotopic (exact) mass is 656 g/mol. The van der Waals surface area contributed by atoms with Crippen molar-refractivity contribution in [3.05, 3.63) is 102 Å². The van der Waals surface area contributed by atoms with Gasteiger partial charge in [0.1, 0.15) is 18.0 Å². The van der Waals surface area contributed by atoms with E-state index in [2.05, 4.69) is 16.9 Å². The van der Waals surface area contributed by atoms with Gasteiger partial charge >= 0.3 is 6.03 Å². The number of carbonyl (C=O) groups is 3. The summed E-state index contributed by atoms with van der Waals surface area (Å²) in [5, 5.41) is 6.50. The summed E-state index contributed by atoms with van der Waals surface area (Å²) >= 11 is 1.39. The van der Waals surface area contributed by atoms with Crippen molar-refractivity contribution in [3.8, 4) is 0 Å². The number of hydrogen-bond donors (Lipinski definition) is 2. The third kappa shape index (κ3) is 6.62. The molecule has 13 heteroatoms. The Balaban J connectivity index is 1.31. The van der Waals surface area contributed by atoms with Crippen LogP contribution in [0.15, 0.2) is 79.4 Å². The normalized spacial score (nSPS) is 18.0. The van der Waals surface area contributed by atoms with Crippen molar-refractivity contribution in [2.45, 2.75) is 31.7 Å². The van der Waals surface area contributed by atoms with Gasteiger partial charge in [-0.1, -0.05) is 53.8 Å². The smallest absolute Gasteiger partial charge is 0.332 e. The number of urea groups is 1. The number of fused-ring (bicyclic) bond motifs is 2. The largest absolute Gasteiger partial charge is 0.378 e. The fraction of sp³-hybridized carbons (Fsp3) is 0.294. The van der Waals surface area contributed by atoms with E-state index in [9.17, 15) is 18.8 Å². The fourth-order valence-corrected chi connectivity index (χ4v) is 6.98. The van der Waals surface area contributed by atoms with Gasteiger partial charge in [0.25, 0.3) is 0 Å². The van der Waals surface area contributed by atoms with E-state index in [-0.39, 0.29) is 50.4 Å². The number of para-hydroxylation sites is 1. The van der Waals surface area contributed by atoms with Crippen LogP contribution < -0.4 is 16.0 Å². The number of nitrogens with one attached hydrogen (secondary N) is 1. The Kier molecular flexibility index (Phi) is 9.10. The topological polar surface area (TPSA) is 118 Å². The van der Waals surface area contributed by atoms with Gasteiger partial charge in [-0.05, 0) is 47.0 Å². The predicted molar refractivity (Wildman–Crippen MR) is 181 cm³/mol. The van der Waals surface area contributed by atoms with Crippen molar-refractivity contribution in [2.24, 2.45) is 0 Å². The molecule has 2 aliphatic heterocycles. The summed E-state index contributed by atoms with van der Waals surface area (Å²) in [4.78, 5) is 51.5. The molecule has 0 radical (unpaired) electrons. The number of thiazole rings is 1. The lowest BCUT2D eigenvalue weighted by Crippen LogP contribution is -2.66. The van der Waals surface area contributed by atoms with Gasteiger partial charge in [-0.2, -0.15) is 5.01 Å². The number of hydrazine groups is 1. The van der Waals surface area contributed by atoms with E-state index in [1.54, 1.807) is 33.0 Å². The van der Waals surface area contributed by atoms with E-state index in [1.165, 1.54) is 28.5 Å². The molecule has 4 amide bonds. The van der Waals surface area contributed by atoms with Crippen LogP contribution in [0, 0.1) is 5.82 Å². The van der Waals surface area contributed by atoms with Crippen molar-refractivity contribution in [1.29, 1.82) is 0 Å². The molecule has 2 atom stereocenters. The summed E-state index contributed by atoms with van der Waals surface area (Å²) in [5.41, 5.74) is 10.3. The van der Waals surface area contributed by atoms with Crippen LogP contribution in [0.5, 0.6) is 0 Å². The maximum absolute atomic E-state index is 14.3. The lowest BCUT2D eigenvalue weighted by molar-refractivity contribution is -0.157. The van der Waals surface area contributed by atoms with Gasteiger partial charge in [0, 0.05) is 39.3 Å². The molecule has 0 bridgehead atoms. The molecule has 0 saturated carbocycles. The molecule has 244 valence electrons. The first-order valence-corrected chi connectivity index (χ1v) is 16.1. The number of rotatable bonds is 10. The van der Waals surface area contributed by atoms with Gasteiger partial charge in [-0.25, -0.2) is 14.2 Å². The maximum Gasteiger partial charge on any atom is 0.332 e. The van der Waals surface area contributed by atoms with Gasteiger partial charge in [0.05, 0.1) is 29.9 Å². The number of nitrogens with two attached hydrogens (primary N) is 1. The Morgan fingerprint density at radius 2 is 1.83 bits per heavy atom. The van der Waals surface area contributed by atoms with Crippen LogP contribution in [0.3, 0.4) is 0 Å². The summed E-state index contributed by atoms with van der Waals surface area (Å²) in [7, 11) is 3.92. The molecule has 0 unspecified atom stereocenters. The van der Waals surface area contributed by atoms with Crippen LogP contribution >= 0.6 is 11.3 Å². The second-order valence-electron chi connectivity index (χ2n) is 11.9. The van der Waals surface area contributed by atoms with Crippen LogP contribution in [0.25, 0.3) is 10.2 Å². The molecule has 3 N–H and O–H groups in total. The highest BCUT2D eigenvalue weighted by Crippen LogP contribution is 2.32. The number of benzene rings is 3. The second-order valence-corrected chi connectivity index (χ2v) is 12.9. The summed E-state index contributed by atoms with van der Waals surface area (Å²) in [5.74, 6) is -0.782. The van der Waals surface area contributed by atoms with Crippen LogP contribution in [0.4, 0.5) is 20.0 Å². The SMILES string of the molecule is C=CCN(C(=O)NCc1ccc(F)cc1)N1CC(=O)N2[C@@H](Cc3ccc(N(C)C)cc3)C(=O)N(Cc3cccc4sc(N)nc34)C[C@@H]21. The average Bonchev–Trinajstić information content (AvgIpc) is 3.60. The molecule has 4 aromatic rings. The van der Waals surface area contributed by atoms with Crippen LogP contribution in [-0.4, -0.2) is 88.6 Å². The molecule has 3 aromatic carbocycles. The van der Waals surface area contributed by atoms with Crippen LogP contribution in [0.2, 0.25) is 0 Å². The highest BCUT2D eigenvalue weighted by Gasteiger charge is 2.52. The summed E-state index contributed by atoms with van der Waals surface area (Å²) < 4.78 is 14.3. The third-order valence-corrected chi connectivity index (χ3v) is 9.38. The zero-order valence-electron chi connectivity index (χ0n) is 26.3. The molecular weight excluding hydrogens is 619 g/mol. The van der Waals surface area contributed by atoms with Gasteiger partial charge in [-0.3, -0.25) is 14.6 Å². The molecule has 11 nitrogen and oxygen atoms in total. The highest BCUT2D eigenvalue weighted by atomic mass is 32.1. The van der Waals surface area contributed by atoms with Crippen molar-refractivity contribution >= 4 is 50.2 Å². The molecule has 2 aliphatic rings. The lowest BCUT2D eigenvalue weighted by Gasteiger charge is -2.46. The van der Waals surface area contributed by atoms with Gasteiger partial charge in [0.15, 0.2) is 5.13 Å². The maximum atomic E-state index is 14.3. The quantitative estimate of drug-likeness (QED) is 0.249. The van der Waals surface area contributed by atoms with Crippen molar-refractivity contribution < 1.29 is 18.8 Å². The van der Waals surface area contributed by atoms with Crippen molar-refractivity contribution in [2.75, 3.05) is 44.4 Å². The molecule has 0 spiro atoms. The number of halogens is 1. The number of anilines is 2. The lowest BCUT2D eigenvalue weighted by atomic mass is 9.99. The van der Waals surface area contributed by atoms with E-state index >= 15 is 0 Å². The molecule has 2 fully saturated rings. The standard InChI is InChI=1S/C34H37FN8O3S/c1-4-16-41(34(46)37-18-23-8-12-25(35)13-9-23)42-21-30(44)43-27(17-22-10-14-26(15-11-22)39(2)3)32(45)40(20-29(42)43)19-24-6-5-7-28-31(24)38-33(36)47-28/h4-15,27,29H,1,16-21H2,2-3H3,(H2,36,38)(H,37,46)/t27-,29+/m0/s1. The van der Waals surface area contributed by atoms with E-state index in [0.29, 0.717) is 11.6 Å². The summed E-state index contributed by atoms with van der Waals surface area (Å²) in [6.45, 7) is 4.49. The molecule has 47 heavy (non-hydrogen) atoms. The first kappa shape index (κ1) is 32.0.